The number of nitrogens with zero attached hydrogens (tertiary/aromatic N) is 4. The van der Waals surface area contributed by atoms with Crippen LogP contribution in [-0.4, -0.2) is 20.0 Å². The van der Waals surface area contributed by atoms with Crippen molar-refractivity contribution in [1.82, 2.24) is 20.0 Å². The lowest BCUT2D eigenvalue weighted by Gasteiger charge is -1.96. The van der Waals surface area contributed by atoms with Gasteiger partial charge in [0.25, 0.3) is 0 Å². The summed E-state index contributed by atoms with van der Waals surface area (Å²) in [5.74, 6) is 0.782. The molecule has 0 amide bonds. The average Bonchev–Trinajstić information content (AvgIpc) is 2.58. The Labute approximate surface area is 63.5 Å². The maximum Gasteiger partial charge on any atom is 0.162 e. The van der Waals surface area contributed by atoms with E-state index in [2.05, 4.69) is 15.4 Å². The van der Waals surface area contributed by atoms with Gasteiger partial charge in [-0.2, -0.15) is 0 Å². The van der Waals surface area contributed by atoms with Gasteiger partial charge in [-0.15, -0.1) is 10.2 Å². The Morgan fingerprint density at radius 3 is 2.64 bits per heavy atom. The first kappa shape index (κ1) is 6.03. The Kier molecular flexibility index (Phi) is 1.37. The van der Waals surface area contributed by atoms with Gasteiger partial charge >= 0.3 is 0 Å². The van der Waals surface area contributed by atoms with E-state index in [1.807, 2.05) is 29.1 Å². The highest BCUT2D eigenvalue weighted by atomic mass is 15.3. The largest absolute Gasteiger partial charge is 0.307 e. The zero-order chi connectivity index (χ0) is 7.52. The standard InChI is InChI=1S/C7H6N4/c1-2-6-11(5-1)7-3-4-8-10-9-7/h1-6H. The molecule has 0 atom stereocenters. The fraction of sp³-hybridized carbons (Fsp3) is 0. The van der Waals surface area contributed by atoms with Crippen LogP contribution in [-0.2, 0) is 0 Å². The second kappa shape index (κ2) is 2.49. The molecule has 4 nitrogen and oxygen atoms in total. The molecule has 0 radical (unpaired) electrons. The van der Waals surface area contributed by atoms with E-state index in [0.717, 1.165) is 5.82 Å². The van der Waals surface area contributed by atoms with Crippen LogP contribution < -0.4 is 0 Å². The van der Waals surface area contributed by atoms with Crippen molar-refractivity contribution < 1.29 is 0 Å². The molecule has 0 aliphatic carbocycles. The molecule has 4 heteroatoms. The summed E-state index contributed by atoms with van der Waals surface area (Å²) in [6.45, 7) is 0. The molecule has 0 saturated carbocycles. The molecule has 2 aromatic rings. The van der Waals surface area contributed by atoms with Crippen LogP contribution in [0.5, 0.6) is 0 Å². The predicted molar refractivity (Wildman–Crippen MR) is 39.2 cm³/mol. The van der Waals surface area contributed by atoms with Gasteiger partial charge in [0, 0.05) is 18.5 Å². The molecule has 0 aromatic carbocycles. The maximum atomic E-state index is 3.82. The van der Waals surface area contributed by atoms with Crippen molar-refractivity contribution in [3.8, 4) is 5.82 Å². The van der Waals surface area contributed by atoms with Crippen LogP contribution in [0.3, 0.4) is 0 Å². The highest BCUT2D eigenvalue weighted by molar-refractivity contribution is 5.18. The van der Waals surface area contributed by atoms with Gasteiger partial charge in [-0.25, -0.2) is 0 Å². The van der Waals surface area contributed by atoms with Crippen molar-refractivity contribution in [2.45, 2.75) is 0 Å². The van der Waals surface area contributed by atoms with Gasteiger partial charge in [0.05, 0.1) is 6.20 Å². The number of rotatable bonds is 1. The third-order valence-electron chi connectivity index (χ3n) is 1.36. The van der Waals surface area contributed by atoms with E-state index >= 15 is 0 Å². The van der Waals surface area contributed by atoms with Crippen molar-refractivity contribution in [3.05, 3.63) is 36.8 Å². The lowest BCUT2D eigenvalue weighted by molar-refractivity contribution is 0.821. The normalized spacial score (nSPS) is 9.82. The molecule has 0 unspecified atom stereocenters. The van der Waals surface area contributed by atoms with Crippen LogP contribution in [0.2, 0.25) is 0 Å². The van der Waals surface area contributed by atoms with Gasteiger partial charge in [0.1, 0.15) is 0 Å². The Hall–Kier alpha value is -1.71. The fourth-order valence-corrected chi connectivity index (χ4v) is 0.860. The number of aromatic nitrogens is 4. The molecule has 54 valence electrons. The summed E-state index contributed by atoms with van der Waals surface area (Å²) in [5.41, 5.74) is 0. The Bertz CT molecular complexity index is 313. The van der Waals surface area contributed by atoms with E-state index in [1.54, 1.807) is 12.3 Å². The summed E-state index contributed by atoms with van der Waals surface area (Å²) < 4.78 is 1.87. The van der Waals surface area contributed by atoms with Gasteiger partial charge in [0.15, 0.2) is 5.82 Å². The van der Waals surface area contributed by atoms with Gasteiger partial charge in [-0.1, -0.05) is 0 Å². The Morgan fingerprint density at radius 2 is 2.00 bits per heavy atom. The molecule has 0 aliphatic rings. The summed E-state index contributed by atoms with van der Waals surface area (Å²) in [4.78, 5) is 0. The lowest BCUT2D eigenvalue weighted by Crippen LogP contribution is -1.96. The summed E-state index contributed by atoms with van der Waals surface area (Å²) in [6, 6.07) is 5.66. The van der Waals surface area contributed by atoms with E-state index in [9.17, 15) is 0 Å². The molecular weight excluding hydrogens is 140 g/mol. The van der Waals surface area contributed by atoms with Crippen molar-refractivity contribution in [2.24, 2.45) is 0 Å². The quantitative estimate of drug-likeness (QED) is 0.593. The first-order chi connectivity index (χ1) is 5.47. The predicted octanol–water partition coefficient (Wildman–Crippen LogP) is 0.662. The summed E-state index contributed by atoms with van der Waals surface area (Å²) in [6.07, 6.45) is 5.43. The van der Waals surface area contributed by atoms with Crippen LogP contribution in [0.25, 0.3) is 5.82 Å². The van der Waals surface area contributed by atoms with Crippen molar-refractivity contribution in [2.75, 3.05) is 0 Å². The highest BCUT2D eigenvalue weighted by Gasteiger charge is 1.92. The average molecular weight is 146 g/mol. The molecular formula is C7H6N4. The van der Waals surface area contributed by atoms with E-state index in [4.69, 9.17) is 0 Å². The minimum absolute atomic E-state index is 0.782. The first-order valence-electron chi connectivity index (χ1n) is 3.24. The second-order valence-electron chi connectivity index (χ2n) is 2.07. The van der Waals surface area contributed by atoms with Gasteiger partial charge in [-0.3, -0.25) is 0 Å². The van der Waals surface area contributed by atoms with E-state index in [-0.39, 0.29) is 0 Å². The minimum Gasteiger partial charge on any atom is -0.307 e. The van der Waals surface area contributed by atoms with Crippen LogP contribution in [0.4, 0.5) is 0 Å². The van der Waals surface area contributed by atoms with Crippen molar-refractivity contribution in [3.63, 3.8) is 0 Å². The van der Waals surface area contributed by atoms with Crippen molar-refractivity contribution >= 4 is 0 Å². The topological polar surface area (TPSA) is 43.6 Å². The van der Waals surface area contributed by atoms with E-state index < -0.39 is 0 Å². The molecule has 0 aliphatic heterocycles. The van der Waals surface area contributed by atoms with Crippen LogP contribution in [0.1, 0.15) is 0 Å². The monoisotopic (exact) mass is 146 g/mol. The maximum absolute atomic E-state index is 3.82. The molecule has 2 heterocycles. The highest BCUT2D eigenvalue weighted by Crippen LogP contribution is 1.99. The number of hydrogen-bond acceptors (Lipinski definition) is 3. The van der Waals surface area contributed by atoms with Gasteiger partial charge in [-0.05, 0) is 17.3 Å². The summed E-state index contributed by atoms with van der Waals surface area (Å²) in [7, 11) is 0. The fourth-order valence-electron chi connectivity index (χ4n) is 0.860. The van der Waals surface area contributed by atoms with Crippen LogP contribution in [0.15, 0.2) is 36.8 Å². The summed E-state index contributed by atoms with van der Waals surface area (Å²) >= 11 is 0. The summed E-state index contributed by atoms with van der Waals surface area (Å²) in [5, 5.41) is 10.9. The van der Waals surface area contributed by atoms with Crippen LogP contribution >= 0.6 is 0 Å². The van der Waals surface area contributed by atoms with E-state index in [0.29, 0.717) is 0 Å². The Balaban J connectivity index is 2.46. The molecule has 2 aromatic heterocycles. The smallest absolute Gasteiger partial charge is 0.162 e. The minimum atomic E-state index is 0.782. The van der Waals surface area contributed by atoms with Gasteiger partial charge in [0.2, 0.25) is 0 Å². The SMILES string of the molecule is c1ccn(-c2ccnnn2)c1. The molecule has 0 spiro atoms. The molecule has 0 bridgehead atoms. The molecule has 11 heavy (non-hydrogen) atoms. The zero-order valence-electron chi connectivity index (χ0n) is 5.75. The second-order valence-corrected chi connectivity index (χ2v) is 2.07. The van der Waals surface area contributed by atoms with Crippen LogP contribution in [0, 0.1) is 0 Å². The molecule has 2 rings (SSSR count). The van der Waals surface area contributed by atoms with E-state index in [1.165, 1.54) is 0 Å². The third kappa shape index (κ3) is 1.10. The Morgan fingerprint density at radius 1 is 1.18 bits per heavy atom. The lowest BCUT2D eigenvalue weighted by atomic mass is 10.6. The first-order valence-corrected chi connectivity index (χ1v) is 3.24. The zero-order valence-corrected chi connectivity index (χ0v) is 5.75. The van der Waals surface area contributed by atoms with Crippen molar-refractivity contribution in [1.29, 1.82) is 0 Å². The molecule has 0 N–H and O–H groups in total. The number of hydrogen-bond donors (Lipinski definition) is 0. The van der Waals surface area contributed by atoms with Gasteiger partial charge < -0.3 is 4.57 Å². The molecule has 0 fully saturated rings. The molecule has 0 saturated heterocycles. The third-order valence-corrected chi connectivity index (χ3v) is 1.36.